The van der Waals surface area contributed by atoms with Crippen LogP contribution in [-0.2, 0) is 0 Å². The van der Waals surface area contributed by atoms with E-state index in [0.29, 0.717) is 11.5 Å². The maximum Gasteiger partial charge on any atom is 0.0991 e. The molecule has 0 bridgehead atoms. The molecule has 1 aromatic heterocycles. The van der Waals surface area contributed by atoms with E-state index in [4.69, 9.17) is 5.26 Å². The first-order valence-corrected chi connectivity index (χ1v) is 5.01. The van der Waals surface area contributed by atoms with Gasteiger partial charge in [0.15, 0.2) is 0 Å². The minimum Gasteiger partial charge on any atom is -0.256 e. The molecule has 0 saturated heterocycles. The second-order valence-corrected chi connectivity index (χ2v) is 3.90. The normalized spacial score (nSPS) is 10.5. The van der Waals surface area contributed by atoms with Gasteiger partial charge in [-0.1, -0.05) is 13.8 Å². The molecule has 0 atom stereocenters. The Morgan fingerprint density at radius 1 is 1.27 bits per heavy atom. The van der Waals surface area contributed by atoms with Gasteiger partial charge in [0.25, 0.3) is 0 Å². The lowest BCUT2D eigenvalue weighted by Gasteiger charge is -2.08. The molecule has 2 nitrogen and oxygen atoms in total. The highest BCUT2D eigenvalue weighted by atomic mass is 14.6. The van der Waals surface area contributed by atoms with Crippen molar-refractivity contribution in [2.45, 2.75) is 19.8 Å². The van der Waals surface area contributed by atoms with E-state index < -0.39 is 0 Å². The zero-order chi connectivity index (χ0) is 10.8. The maximum atomic E-state index is 8.86. The van der Waals surface area contributed by atoms with E-state index >= 15 is 0 Å². The van der Waals surface area contributed by atoms with Crippen LogP contribution in [0.15, 0.2) is 30.5 Å². The number of benzene rings is 1. The number of hydrogen-bond acceptors (Lipinski definition) is 2. The van der Waals surface area contributed by atoms with E-state index in [9.17, 15) is 0 Å². The zero-order valence-corrected chi connectivity index (χ0v) is 8.86. The maximum absolute atomic E-state index is 8.86. The standard InChI is InChI=1S/C13H12N2/c1-9(2)11-5-6-15-13-4-3-10(8-14)7-12(11)13/h3-7,9H,1-2H3. The van der Waals surface area contributed by atoms with Gasteiger partial charge in [0.1, 0.15) is 0 Å². The first kappa shape index (κ1) is 9.67. The van der Waals surface area contributed by atoms with Crippen LogP contribution in [0.3, 0.4) is 0 Å². The number of hydrogen-bond donors (Lipinski definition) is 0. The Hall–Kier alpha value is -1.88. The van der Waals surface area contributed by atoms with Gasteiger partial charge in [0.05, 0.1) is 17.1 Å². The highest BCUT2D eigenvalue weighted by molar-refractivity contribution is 5.83. The summed E-state index contributed by atoms with van der Waals surface area (Å²) in [5, 5.41) is 9.95. The third kappa shape index (κ3) is 1.69. The molecule has 1 aromatic carbocycles. The molecule has 0 saturated carbocycles. The molecule has 2 heteroatoms. The number of pyridine rings is 1. The number of rotatable bonds is 1. The fourth-order valence-corrected chi connectivity index (χ4v) is 1.74. The lowest BCUT2D eigenvalue weighted by Crippen LogP contribution is -1.91. The van der Waals surface area contributed by atoms with Gasteiger partial charge in [0.2, 0.25) is 0 Å². The summed E-state index contributed by atoms with van der Waals surface area (Å²) in [5.41, 5.74) is 2.90. The van der Waals surface area contributed by atoms with Gasteiger partial charge in [-0.15, -0.1) is 0 Å². The summed E-state index contributed by atoms with van der Waals surface area (Å²) in [4.78, 5) is 4.29. The zero-order valence-electron chi connectivity index (χ0n) is 8.86. The van der Waals surface area contributed by atoms with Crippen LogP contribution in [0.2, 0.25) is 0 Å². The van der Waals surface area contributed by atoms with Crippen LogP contribution < -0.4 is 0 Å². The average Bonchev–Trinajstić information content (AvgIpc) is 2.27. The number of fused-ring (bicyclic) bond motifs is 1. The molecule has 0 fully saturated rings. The van der Waals surface area contributed by atoms with Crippen molar-refractivity contribution in [3.05, 3.63) is 41.6 Å². The molecule has 1 heterocycles. The summed E-state index contributed by atoms with van der Waals surface area (Å²) in [6.45, 7) is 4.29. The number of nitrogens with zero attached hydrogens (tertiary/aromatic N) is 2. The number of aromatic nitrogens is 1. The van der Waals surface area contributed by atoms with E-state index in [-0.39, 0.29) is 0 Å². The average molecular weight is 196 g/mol. The van der Waals surface area contributed by atoms with Crippen LogP contribution in [0.4, 0.5) is 0 Å². The van der Waals surface area contributed by atoms with Crippen molar-refractivity contribution in [2.75, 3.05) is 0 Å². The van der Waals surface area contributed by atoms with Gasteiger partial charge in [-0.3, -0.25) is 4.98 Å². The molecule has 2 aromatic rings. The number of nitriles is 1. The molecule has 0 N–H and O–H groups in total. The van der Waals surface area contributed by atoms with Crippen molar-refractivity contribution >= 4 is 10.9 Å². The summed E-state index contributed by atoms with van der Waals surface area (Å²) in [6.07, 6.45) is 1.82. The topological polar surface area (TPSA) is 36.7 Å². The summed E-state index contributed by atoms with van der Waals surface area (Å²) in [7, 11) is 0. The molecule has 15 heavy (non-hydrogen) atoms. The van der Waals surface area contributed by atoms with E-state index in [1.807, 2.05) is 24.4 Å². The molecular weight excluding hydrogens is 184 g/mol. The molecule has 0 aliphatic carbocycles. The Morgan fingerprint density at radius 3 is 2.73 bits per heavy atom. The Labute approximate surface area is 89.2 Å². The van der Waals surface area contributed by atoms with Crippen molar-refractivity contribution in [2.24, 2.45) is 0 Å². The van der Waals surface area contributed by atoms with E-state index in [2.05, 4.69) is 24.9 Å². The SMILES string of the molecule is CC(C)c1ccnc2ccc(C#N)cc12. The fraction of sp³-hybridized carbons (Fsp3) is 0.231. The molecule has 0 aliphatic rings. The highest BCUT2D eigenvalue weighted by Crippen LogP contribution is 2.24. The van der Waals surface area contributed by atoms with Crippen molar-refractivity contribution in [3.63, 3.8) is 0 Å². The van der Waals surface area contributed by atoms with Gasteiger partial charge < -0.3 is 0 Å². The highest BCUT2D eigenvalue weighted by Gasteiger charge is 2.06. The minimum atomic E-state index is 0.449. The van der Waals surface area contributed by atoms with Gasteiger partial charge in [-0.2, -0.15) is 5.26 Å². The molecule has 0 aliphatic heterocycles. The second kappa shape index (κ2) is 3.70. The van der Waals surface area contributed by atoms with Crippen molar-refractivity contribution in [3.8, 4) is 6.07 Å². The lowest BCUT2D eigenvalue weighted by molar-refractivity contribution is 0.874. The Kier molecular flexibility index (Phi) is 2.39. The predicted octanol–water partition coefficient (Wildman–Crippen LogP) is 3.23. The summed E-state index contributed by atoms with van der Waals surface area (Å²) >= 11 is 0. The van der Waals surface area contributed by atoms with Crippen molar-refractivity contribution in [1.82, 2.24) is 4.98 Å². The largest absolute Gasteiger partial charge is 0.256 e. The van der Waals surface area contributed by atoms with Crippen LogP contribution in [-0.4, -0.2) is 4.98 Å². The van der Waals surface area contributed by atoms with E-state index in [0.717, 1.165) is 10.9 Å². The molecule has 0 unspecified atom stereocenters. The van der Waals surface area contributed by atoms with Crippen molar-refractivity contribution < 1.29 is 0 Å². The van der Waals surface area contributed by atoms with Gasteiger partial charge in [-0.25, -0.2) is 0 Å². The van der Waals surface area contributed by atoms with Crippen LogP contribution in [0, 0.1) is 11.3 Å². The van der Waals surface area contributed by atoms with E-state index in [1.165, 1.54) is 5.56 Å². The fourth-order valence-electron chi connectivity index (χ4n) is 1.74. The minimum absolute atomic E-state index is 0.449. The summed E-state index contributed by atoms with van der Waals surface area (Å²) in [6, 6.07) is 9.80. The summed E-state index contributed by atoms with van der Waals surface area (Å²) < 4.78 is 0. The quantitative estimate of drug-likeness (QED) is 0.702. The Bertz CT molecular complexity index is 536. The Balaban J connectivity index is 2.77. The molecule has 0 radical (unpaired) electrons. The Morgan fingerprint density at radius 2 is 2.07 bits per heavy atom. The van der Waals surface area contributed by atoms with Crippen LogP contribution >= 0.6 is 0 Å². The molecule has 0 amide bonds. The molecule has 0 spiro atoms. The van der Waals surface area contributed by atoms with Crippen molar-refractivity contribution in [1.29, 1.82) is 5.26 Å². The summed E-state index contributed by atoms with van der Waals surface area (Å²) in [5.74, 6) is 0.449. The predicted molar refractivity (Wildman–Crippen MR) is 60.5 cm³/mol. The van der Waals surface area contributed by atoms with Crippen LogP contribution in [0.5, 0.6) is 0 Å². The van der Waals surface area contributed by atoms with E-state index in [1.54, 1.807) is 6.07 Å². The monoisotopic (exact) mass is 196 g/mol. The third-order valence-corrected chi connectivity index (χ3v) is 2.53. The first-order chi connectivity index (χ1) is 7.22. The first-order valence-electron chi connectivity index (χ1n) is 5.01. The lowest BCUT2D eigenvalue weighted by atomic mass is 9.98. The third-order valence-electron chi connectivity index (χ3n) is 2.53. The smallest absolute Gasteiger partial charge is 0.0991 e. The molecular formula is C13H12N2. The van der Waals surface area contributed by atoms with Crippen LogP contribution in [0.1, 0.15) is 30.9 Å². The van der Waals surface area contributed by atoms with Gasteiger partial charge in [0, 0.05) is 11.6 Å². The second-order valence-electron chi connectivity index (χ2n) is 3.90. The van der Waals surface area contributed by atoms with Crippen LogP contribution in [0.25, 0.3) is 10.9 Å². The molecule has 74 valence electrons. The van der Waals surface area contributed by atoms with Gasteiger partial charge >= 0.3 is 0 Å². The van der Waals surface area contributed by atoms with Gasteiger partial charge in [-0.05, 0) is 35.7 Å². The molecule has 2 rings (SSSR count).